The molecule has 0 amide bonds. The highest BCUT2D eigenvalue weighted by atomic mass is 16.7. The predicted octanol–water partition coefficient (Wildman–Crippen LogP) is 1.62. The van der Waals surface area contributed by atoms with Gasteiger partial charge in [-0.25, -0.2) is 4.79 Å². The molecule has 4 heteroatoms. The SMILES string of the molecule is COC1CC(c2ccccc2)C(C(=O)O)O1. The predicted molar refractivity (Wildman–Crippen MR) is 57.1 cm³/mol. The number of aliphatic carboxylic acids is 1. The molecule has 0 bridgehead atoms. The topological polar surface area (TPSA) is 55.8 Å². The molecule has 1 aromatic rings. The van der Waals surface area contributed by atoms with Gasteiger partial charge < -0.3 is 14.6 Å². The average molecular weight is 222 g/mol. The van der Waals surface area contributed by atoms with Crippen LogP contribution >= 0.6 is 0 Å². The van der Waals surface area contributed by atoms with Crippen LogP contribution in [0.4, 0.5) is 0 Å². The van der Waals surface area contributed by atoms with Gasteiger partial charge in [-0.1, -0.05) is 30.3 Å². The number of carboxylic acid groups (broad SMARTS) is 1. The van der Waals surface area contributed by atoms with Gasteiger partial charge in [-0.3, -0.25) is 0 Å². The molecule has 3 unspecified atom stereocenters. The van der Waals surface area contributed by atoms with Gasteiger partial charge in [0.15, 0.2) is 12.4 Å². The molecule has 2 rings (SSSR count). The van der Waals surface area contributed by atoms with E-state index in [0.717, 1.165) is 5.56 Å². The summed E-state index contributed by atoms with van der Waals surface area (Å²) in [4.78, 5) is 11.1. The number of hydrogen-bond acceptors (Lipinski definition) is 3. The van der Waals surface area contributed by atoms with Crippen molar-refractivity contribution in [3.63, 3.8) is 0 Å². The van der Waals surface area contributed by atoms with Crippen LogP contribution in [0.5, 0.6) is 0 Å². The van der Waals surface area contributed by atoms with Gasteiger partial charge >= 0.3 is 5.97 Å². The molecule has 4 nitrogen and oxygen atoms in total. The van der Waals surface area contributed by atoms with Gasteiger partial charge in [0.25, 0.3) is 0 Å². The highest BCUT2D eigenvalue weighted by Gasteiger charge is 2.40. The lowest BCUT2D eigenvalue weighted by Gasteiger charge is -2.13. The van der Waals surface area contributed by atoms with Crippen molar-refractivity contribution in [2.75, 3.05) is 7.11 Å². The van der Waals surface area contributed by atoms with Crippen LogP contribution in [0.3, 0.4) is 0 Å². The third-order valence-corrected chi connectivity index (χ3v) is 2.84. The summed E-state index contributed by atoms with van der Waals surface area (Å²) in [6.07, 6.45) is -0.657. The zero-order valence-electron chi connectivity index (χ0n) is 9.00. The standard InChI is InChI=1S/C12H14O4/c1-15-10-7-9(11(16-10)12(13)14)8-5-3-2-4-6-8/h2-6,9-11H,7H2,1H3,(H,13,14). The van der Waals surface area contributed by atoms with Crippen LogP contribution in [0, 0.1) is 0 Å². The highest BCUT2D eigenvalue weighted by Crippen LogP contribution is 2.35. The lowest BCUT2D eigenvalue weighted by molar-refractivity contribution is -0.163. The first-order chi connectivity index (χ1) is 7.72. The molecule has 0 radical (unpaired) electrons. The molecule has 16 heavy (non-hydrogen) atoms. The number of rotatable bonds is 3. The Labute approximate surface area is 93.8 Å². The smallest absolute Gasteiger partial charge is 0.333 e. The number of carboxylic acids is 1. The largest absolute Gasteiger partial charge is 0.479 e. The van der Waals surface area contributed by atoms with Crippen LogP contribution in [-0.2, 0) is 14.3 Å². The Morgan fingerprint density at radius 3 is 2.69 bits per heavy atom. The van der Waals surface area contributed by atoms with Gasteiger partial charge in [-0.15, -0.1) is 0 Å². The van der Waals surface area contributed by atoms with Gasteiger partial charge in [0, 0.05) is 19.4 Å². The molecule has 86 valence electrons. The van der Waals surface area contributed by atoms with Crippen molar-refractivity contribution < 1.29 is 19.4 Å². The summed E-state index contributed by atoms with van der Waals surface area (Å²) < 4.78 is 10.4. The quantitative estimate of drug-likeness (QED) is 0.844. The minimum Gasteiger partial charge on any atom is -0.479 e. The van der Waals surface area contributed by atoms with Crippen LogP contribution in [0.15, 0.2) is 30.3 Å². The van der Waals surface area contributed by atoms with E-state index in [1.165, 1.54) is 7.11 Å². The molecular formula is C12H14O4. The minimum absolute atomic E-state index is 0.136. The Kier molecular flexibility index (Phi) is 3.22. The van der Waals surface area contributed by atoms with E-state index in [9.17, 15) is 4.79 Å². The highest BCUT2D eigenvalue weighted by molar-refractivity contribution is 5.74. The van der Waals surface area contributed by atoms with Crippen molar-refractivity contribution in [3.8, 4) is 0 Å². The molecule has 0 aliphatic carbocycles. The van der Waals surface area contributed by atoms with Gasteiger partial charge in [0.1, 0.15) is 0 Å². The lowest BCUT2D eigenvalue weighted by Crippen LogP contribution is -2.25. The summed E-state index contributed by atoms with van der Waals surface area (Å²) in [5, 5.41) is 9.08. The molecule has 1 aliphatic heterocycles. The minimum atomic E-state index is -0.937. The maximum Gasteiger partial charge on any atom is 0.333 e. The lowest BCUT2D eigenvalue weighted by atomic mass is 9.92. The van der Waals surface area contributed by atoms with Crippen LogP contribution in [-0.4, -0.2) is 30.6 Å². The van der Waals surface area contributed by atoms with Crippen molar-refractivity contribution >= 4 is 5.97 Å². The molecule has 3 atom stereocenters. The van der Waals surface area contributed by atoms with Gasteiger partial charge in [-0.2, -0.15) is 0 Å². The second-order valence-corrected chi connectivity index (χ2v) is 3.81. The van der Waals surface area contributed by atoms with E-state index in [0.29, 0.717) is 6.42 Å². The van der Waals surface area contributed by atoms with E-state index in [1.54, 1.807) is 0 Å². The van der Waals surface area contributed by atoms with Gasteiger partial charge in [-0.05, 0) is 5.56 Å². The number of benzene rings is 1. The van der Waals surface area contributed by atoms with Crippen LogP contribution in [0.25, 0.3) is 0 Å². The monoisotopic (exact) mass is 222 g/mol. The third kappa shape index (κ3) is 2.08. The molecule has 1 heterocycles. The average Bonchev–Trinajstić information content (AvgIpc) is 2.74. The zero-order valence-corrected chi connectivity index (χ0v) is 9.00. The van der Waals surface area contributed by atoms with E-state index in [4.69, 9.17) is 14.6 Å². The summed E-state index contributed by atoms with van der Waals surface area (Å²) in [6.45, 7) is 0. The first-order valence-corrected chi connectivity index (χ1v) is 5.18. The Balaban J connectivity index is 2.22. The van der Waals surface area contributed by atoms with Crippen molar-refractivity contribution in [3.05, 3.63) is 35.9 Å². The van der Waals surface area contributed by atoms with Crippen LogP contribution in [0.2, 0.25) is 0 Å². The Morgan fingerprint density at radius 1 is 1.44 bits per heavy atom. The van der Waals surface area contributed by atoms with Crippen LogP contribution in [0.1, 0.15) is 17.9 Å². The molecule has 1 aromatic carbocycles. The molecule has 0 saturated carbocycles. The molecular weight excluding hydrogens is 208 g/mol. The number of hydrogen-bond donors (Lipinski definition) is 1. The molecule has 1 N–H and O–H groups in total. The van der Waals surface area contributed by atoms with Crippen molar-refractivity contribution in [2.45, 2.75) is 24.7 Å². The molecule has 1 saturated heterocycles. The fraction of sp³-hybridized carbons (Fsp3) is 0.417. The third-order valence-electron chi connectivity index (χ3n) is 2.84. The Bertz CT molecular complexity index is 363. The second kappa shape index (κ2) is 4.63. The number of methoxy groups -OCH3 is 1. The maximum absolute atomic E-state index is 11.1. The van der Waals surface area contributed by atoms with E-state index >= 15 is 0 Å². The maximum atomic E-state index is 11.1. The Hall–Kier alpha value is -1.39. The van der Waals surface area contributed by atoms with Gasteiger partial charge in [0.2, 0.25) is 0 Å². The molecule has 1 fully saturated rings. The first kappa shape index (κ1) is 11.1. The van der Waals surface area contributed by atoms with E-state index in [2.05, 4.69) is 0 Å². The number of carbonyl (C=O) groups is 1. The van der Waals surface area contributed by atoms with Crippen molar-refractivity contribution in [1.29, 1.82) is 0 Å². The first-order valence-electron chi connectivity index (χ1n) is 5.18. The van der Waals surface area contributed by atoms with Crippen LogP contribution < -0.4 is 0 Å². The van der Waals surface area contributed by atoms with Crippen molar-refractivity contribution in [2.24, 2.45) is 0 Å². The fourth-order valence-electron chi connectivity index (χ4n) is 2.04. The van der Waals surface area contributed by atoms with Gasteiger partial charge in [0.05, 0.1) is 0 Å². The van der Waals surface area contributed by atoms with E-state index < -0.39 is 18.4 Å². The summed E-state index contributed by atoms with van der Waals surface area (Å²) >= 11 is 0. The van der Waals surface area contributed by atoms with E-state index in [1.807, 2.05) is 30.3 Å². The molecule has 0 spiro atoms. The van der Waals surface area contributed by atoms with Crippen molar-refractivity contribution in [1.82, 2.24) is 0 Å². The number of ether oxygens (including phenoxy) is 2. The summed E-state index contributed by atoms with van der Waals surface area (Å²) in [6, 6.07) is 9.54. The van der Waals surface area contributed by atoms with E-state index in [-0.39, 0.29) is 5.92 Å². The zero-order chi connectivity index (χ0) is 11.5. The normalized spacial score (nSPS) is 29.2. The summed E-state index contributed by atoms with van der Waals surface area (Å²) in [5.74, 6) is -1.07. The second-order valence-electron chi connectivity index (χ2n) is 3.81. The molecule has 0 aromatic heterocycles. The summed E-state index contributed by atoms with van der Waals surface area (Å²) in [5.41, 5.74) is 0.981. The molecule has 1 aliphatic rings. The summed E-state index contributed by atoms with van der Waals surface area (Å²) in [7, 11) is 1.52. The Morgan fingerprint density at radius 2 is 2.12 bits per heavy atom. The fourth-order valence-corrected chi connectivity index (χ4v) is 2.04.